The lowest BCUT2D eigenvalue weighted by atomic mass is 10.0. The molecule has 2 aromatic carbocycles. The van der Waals surface area contributed by atoms with E-state index >= 15 is 0 Å². The maximum absolute atomic E-state index is 12.2. The number of halogens is 2. The Bertz CT molecular complexity index is 578. The first-order valence-corrected chi connectivity index (χ1v) is 6.32. The van der Waals surface area contributed by atoms with E-state index in [-0.39, 0.29) is 5.78 Å². The highest BCUT2D eigenvalue weighted by atomic mass is 79.9. The van der Waals surface area contributed by atoms with Crippen LogP contribution in [0.1, 0.15) is 21.5 Å². The number of carbonyl (C=O) groups is 1. The first-order chi connectivity index (χ1) is 8.09. The fourth-order valence-electron chi connectivity index (χ4n) is 1.53. The third-order valence-corrected chi connectivity index (χ3v) is 3.74. The molecule has 0 saturated heterocycles. The largest absolute Gasteiger partial charge is 0.289 e. The Hall–Kier alpha value is -1.12. The van der Waals surface area contributed by atoms with Crippen molar-refractivity contribution in [3.8, 4) is 0 Å². The van der Waals surface area contributed by atoms with Crippen molar-refractivity contribution in [3.63, 3.8) is 0 Å². The lowest BCUT2D eigenvalue weighted by Crippen LogP contribution is -2.02. The summed E-state index contributed by atoms with van der Waals surface area (Å²) in [5, 5.41) is 0.481. The van der Waals surface area contributed by atoms with Gasteiger partial charge in [0.25, 0.3) is 0 Å². The summed E-state index contributed by atoms with van der Waals surface area (Å²) in [7, 11) is 0. The molecular formula is C14H10BrClO. The number of hydrogen-bond donors (Lipinski definition) is 0. The van der Waals surface area contributed by atoms with Gasteiger partial charge in [0.15, 0.2) is 5.78 Å². The van der Waals surface area contributed by atoms with Crippen LogP contribution >= 0.6 is 27.5 Å². The Morgan fingerprint density at radius 3 is 2.53 bits per heavy atom. The van der Waals surface area contributed by atoms with Crippen molar-refractivity contribution in [3.05, 3.63) is 68.7 Å². The molecule has 86 valence electrons. The summed E-state index contributed by atoms with van der Waals surface area (Å²) in [5.41, 5.74) is 2.27. The number of ketones is 1. The fraction of sp³-hybridized carbons (Fsp3) is 0.0714. The maximum atomic E-state index is 12.2. The van der Waals surface area contributed by atoms with E-state index in [2.05, 4.69) is 15.9 Å². The summed E-state index contributed by atoms with van der Waals surface area (Å²) in [5.74, 6) is -0.0590. The van der Waals surface area contributed by atoms with Gasteiger partial charge in [0.05, 0.1) is 5.02 Å². The molecule has 0 spiro atoms. The van der Waals surface area contributed by atoms with Crippen molar-refractivity contribution in [1.82, 2.24) is 0 Å². The molecule has 2 aromatic rings. The normalized spacial score (nSPS) is 10.3. The molecule has 3 heteroatoms. The van der Waals surface area contributed by atoms with E-state index < -0.39 is 0 Å². The zero-order valence-electron chi connectivity index (χ0n) is 9.21. The maximum Gasteiger partial charge on any atom is 0.194 e. The minimum atomic E-state index is -0.0590. The van der Waals surface area contributed by atoms with Gasteiger partial charge >= 0.3 is 0 Å². The molecule has 0 bridgehead atoms. The number of rotatable bonds is 2. The van der Waals surface area contributed by atoms with Gasteiger partial charge in [-0.05, 0) is 30.7 Å². The summed E-state index contributed by atoms with van der Waals surface area (Å²) in [6.45, 7) is 1.98. The first-order valence-electron chi connectivity index (χ1n) is 5.15. The summed E-state index contributed by atoms with van der Waals surface area (Å²) in [6.07, 6.45) is 0. The quantitative estimate of drug-likeness (QED) is 0.738. The molecule has 0 aliphatic heterocycles. The minimum Gasteiger partial charge on any atom is -0.289 e. The van der Waals surface area contributed by atoms with E-state index in [1.165, 1.54) is 0 Å². The summed E-state index contributed by atoms with van der Waals surface area (Å²) in [4.78, 5) is 12.2. The molecule has 0 unspecified atom stereocenters. The molecule has 0 fully saturated rings. The molecule has 0 aliphatic rings. The van der Waals surface area contributed by atoms with Crippen LogP contribution in [-0.4, -0.2) is 5.78 Å². The van der Waals surface area contributed by atoms with Crippen LogP contribution in [0.5, 0.6) is 0 Å². The molecule has 17 heavy (non-hydrogen) atoms. The highest BCUT2D eigenvalue weighted by molar-refractivity contribution is 9.10. The van der Waals surface area contributed by atoms with Crippen LogP contribution in [0.4, 0.5) is 0 Å². The lowest BCUT2D eigenvalue weighted by Gasteiger charge is -2.05. The smallest absolute Gasteiger partial charge is 0.194 e. The van der Waals surface area contributed by atoms with Gasteiger partial charge < -0.3 is 0 Å². The zero-order chi connectivity index (χ0) is 12.4. The van der Waals surface area contributed by atoms with E-state index in [0.717, 1.165) is 10.0 Å². The van der Waals surface area contributed by atoms with Crippen LogP contribution in [0.15, 0.2) is 46.9 Å². The molecule has 0 radical (unpaired) electrons. The van der Waals surface area contributed by atoms with Gasteiger partial charge in [0, 0.05) is 15.6 Å². The molecule has 0 aromatic heterocycles. The number of carbonyl (C=O) groups excluding carboxylic acids is 1. The lowest BCUT2D eigenvalue weighted by molar-refractivity contribution is 0.103. The van der Waals surface area contributed by atoms with Crippen molar-refractivity contribution in [1.29, 1.82) is 0 Å². The topological polar surface area (TPSA) is 17.1 Å². The average Bonchev–Trinajstić information content (AvgIpc) is 2.32. The predicted octanol–water partition coefficient (Wildman–Crippen LogP) is 4.64. The van der Waals surface area contributed by atoms with Crippen LogP contribution in [0.25, 0.3) is 0 Å². The van der Waals surface area contributed by atoms with Crippen molar-refractivity contribution in [2.45, 2.75) is 6.92 Å². The van der Waals surface area contributed by atoms with E-state index in [0.29, 0.717) is 16.1 Å². The molecule has 0 heterocycles. The highest BCUT2D eigenvalue weighted by Gasteiger charge is 2.12. The highest BCUT2D eigenvalue weighted by Crippen LogP contribution is 2.22. The number of benzene rings is 2. The molecule has 0 N–H and O–H groups in total. The van der Waals surface area contributed by atoms with Crippen molar-refractivity contribution in [2.75, 3.05) is 0 Å². The molecule has 1 nitrogen and oxygen atoms in total. The van der Waals surface area contributed by atoms with Crippen molar-refractivity contribution >= 4 is 33.3 Å². The zero-order valence-corrected chi connectivity index (χ0v) is 11.5. The van der Waals surface area contributed by atoms with Crippen LogP contribution in [-0.2, 0) is 0 Å². The Labute approximate surface area is 114 Å². The standard InChI is InChI=1S/C14H10BrClO/c1-9-6-7-10(8-12(9)15)14(17)11-4-2-3-5-13(11)16/h2-8H,1H3. The second-order valence-electron chi connectivity index (χ2n) is 3.77. The molecule has 2 rings (SSSR count). The van der Waals surface area contributed by atoms with Gasteiger partial charge in [-0.15, -0.1) is 0 Å². The third kappa shape index (κ3) is 2.59. The van der Waals surface area contributed by atoms with Crippen molar-refractivity contribution in [2.24, 2.45) is 0 Å². The number of hydrogen-bond acceptors (Lipinski definition) is 1. The van der Waals surface area contributed by atoms with Crippen LogP contribution < -0.4 is 0 Å². The predicted molar refractivity (Wildman–Crippen MR) is 73.8 cm³/mol. The van der Waals surface area contributed by atoms with E-state index in [1.807, 2.05) is 37.3 Å². The van der Waals surface area contributed by atoms with Crippen LogP contribution in [0.3, 0.4) is 0 Å². The van der Waals surface area contributed by atoms with Gasteiger partial charge in [0.2, 0.25) is 0 Å². The van der Waals surface area contributed by atoms with Gasteiger partial charge in [-0.2, -0.15) is 0 Å². The van der Waals surface area contributed by atoms with E-state index in [1.54, 1.807) is 12.1 Å². The molecule has 0 amide bonds. The van der Waals surface area contributed by atoms with Gasteiger partial charge in [0.1, 0.15) is 0 Å². The van der Waals surface area contributed by atoms with Gasteiger partial charge in [-0.25, -0.2) is 0 Å². The van der Waals surface area contributed by atoms with E-state index in [9.17, 15) is 4.79 Å². The van der Waals surface area contributed by atoms with Gasteiger partial charge in [-0.1, -0.05) is 51.8 Å². The average molecular weight is 310 g/mol. The number of aryl methyl sites for hydroxylation is 1. The second kappa shape index (κ2) is 5.03. The monoisotopic (exact) mass is 308 g/mol. The summed E-state index contributed by atoms with van der Waals surface area (Å²) in [6, 6.07) is 12.6. The van der Waals surface area contributed by atoms with Crippen LogP contribution in [0, 0.1) is 6.92 Å². The Kier molecular flexibility index (Phi) is 3.65. The minimum absolute atomic E-state index is 0.0590. The van der Waals surface area contributed by atoms with Crippen molar-refractivity contribution < 1.29 is 4.79 Å². The molecular weight excluding hydrogens is 300 g/mol. The Morgan fingerprint density at radius 1 is 1.18 bits per heavy atom. The SMILES string of the molecule is Cc1ccc(C(=O)c2ccccc2Cl)cc1Br. The summed E-state index contributed by atoms with van der Waals surface area (Å²) < 4.78 is 0.926. The second-order valence-corrected chi connectivity index (χ2v) is 5.03. The fourth-order valence-corrected chi connectivity index (χ4v) is 2.14. The molecule has 0 atom stereocenters. The Balaban J connectivity index is 2.44. The molecule has 0 aliphatic carbocycles. The van der Waals surface area contributed by atoms with E-state index in [4.69, 9.17) is 11.6 Å². The molecule has 0 saturated carbocycles. The Morgan fingerprint density at radius 2 is 1.88 bits per heavy atom. The van der Waals surface area contributed by atoms with Crippen LogP contribution in [0.2, 0.25) is 5.02 Å². The summed E-state index contributed by atoms with van der Waals surface area (Å²) >= 11 is 9.43. The third-order valence-electron chi connectivity index (χ3n) is 2.55. The van der Waals surface area contributed by atoms with Gasteiger partial charge in [-0.3, -0.25) is 4.79 Å². The first kappa shape index (κ1) is 12.3.